The molecular weight excluding hydrogens is 414 g/mol. The van der Waals surface area contributed by atoms with Crippen molar-refractivity contribution in [2.45, 2.75) is 57.5 Å². The Balaban J connectivity index is 1.49. The summed E-state index contributed by atoms with van der Waals surface area (Å²) < 4.78 is 28.4. The van der Waals surface area contributed by atoms with E-state index in [0.29, 0.717) is 19.4 Å². The van der Waals surface area contributed by atoms with Crippen LogP contribution < -0.4 is 14.5 Å². The van der Waals surface area contributed by atoms with Crippen molar-refractivity contribution in [1.29, 1.82) is 0 Å². The quantitative estimate of drug-likeness (QED) is 0.773. The van der Waals surface area contributed by atoms with Gasteiger partial charge in [-0.15, -0.1) is 0 Å². The number of carbonyl (C=O) groups excluding carboxylic acids is 2. The SMILES string of the molecule is CCC(=O)N1CCc2cc(CNS(=O)(=O)c3ccc4c(c3)C[C@@H](C)N4C(C)=O)ccc21. The van der Waals surface area contributed by atoms with Crippen LogP contribution in [0, 0.1) is 0 Å². The number of nitrogens with one attached hydrogen (secondary N) is 1. The number of anilines is 2. The topological polar surface area (TPSA) is 86.8 Å². The molecule has 0 aromatic heterocycles. The third-order valence-electron chi connectivity index (χ3n) is 6.03. The molecule has 0 saturated heterocycles. The number of carbonyl (C=O) groups is 2. The van der Waals surface area contributed by atoms with Crippen molar-refractivity contribution in [3.8, 4) is 0 Å². The molecule has 2 heterocycles. The Bertz CT molecular complexity index is 1160. The first kappa shape index (κ1) is 21.5. The van der Waals surface area contributed by atoms with Gasteiger partial charge in [0.2, 0.25) is 21.8 Å². The molecule has 1 N–H and O–H groups in total. The monoisotopic (exact) mass is 441 g/mol. The van der Waals surface area contributed by atoms with Crippen LogP contribution in [0.3, 0.4) is 0 Å². The molecule has 0 saturated carbocycles. The largest absolute Gasteiger partial charge is 0.312 e. The first-order valence-corrected chi connectivity index (χ1v) is 12.0. The molecule has 0 aliphatic carbocycles. The Kier molecular flexibility index (Phi) is 5.61. The molecular formula is C23H27N3O4S. The molecule has 2 aliphatic rings. The summed E-state index contributed by atoms with van der Waals surface area (Å²) in [6, 6.07) is 10.7. The fraction of sp³-hybridized carbons (Fsp3) is 0.391. The lowest BCUT2D eigenvalue weighted by Gasteiger charge is -2.20. The number of fused-ring (bicyclic) bond motifs is 2. The molecule has 8 heteroatoms. The Morgan fingerprint density at radius 3 is 2.55 bits per heavy atom. The number of benzene rings is 2. The Labute approximate surface area is 183 Å². The highest BCUT2D eigenvalue weighted by Crippen LogP contribution is 2.34. The number of nitrogens with zero attached hydrogens (tertiary/aromatic N) is 2. The van der Waals surface area contributed by atoms with Gasteiger partial charge in [0.1, 0.15) is 0 Å². The van der Waals surface area contributed by atoms with Crippen molar-refractivity contribution in [2.24, 2.45) is 0 Å². The van der Waals surface area contributed by atoms with Crippen LogP contribution in [0.5, 0.6) is 0 Å². The van der Waals surface area contributed by atoms with Crippen molar-refractivity contribution in [3.05, 3.63) is 53.1 Å². The van der Waals surface area contributed by atoms with Gasteiger partial charge in [0, 0.05) is 43.9 Å². The molecule has 0 bridgehead atoms. The third-order valence-corrected chi connectivity index (χ3v) is 7.42. The van der Waals surface area contributed by atoms with E-state index in [-0.39, 0.29) is 29.3 Å². The van der Waals surface area contributed by atoms with Crippen molar-refractivity contribution in [1.82, 2.24) is 4.72 Å². The predicted molar refractivity (Wildman–Crippen MR) is 120 cm³/mol. The van der Waals surface area contributed by atoms with E-state index in [2.05, 4.69) is 4.72 Å². The van der Waals surface area contributed by atoms with E-state index in [0.717, 1.165) is 34.5 Å². The molecule has 0 unspecified atom stereocenters. The standard InChI is InChI=1S/C23H27N3O4S/c1-4-23(28)25-10-9-18-12-17(5-7-21(18)25)14-24-31(29,30)20-6-8-22-19(13-20)11-15(2)26(22)16(3)27/h5-8,12-13,15,24H,4,9-11,14H2,1-3H3/t15-/m1/s1. The van der Waals surface area contributed by atoms with Gasteiger partial charge in [-0.1, -0.05) is 19.1 Å². The summed E-state index contributed by atoms with van der Waals surface area (Å²) in [5.41, 5.74) is 4.48. The van der Waals surface area contributed by atoms with Gasteiger partial charge < -0.3 is 9.80 Å². The van der Waals surface area contributed by atoms with E-state index < -0.39 is 10.0 Å². The first-order valence-electron chi connectivity index (χ1n) is 10.6. The van der Waals surface area contributed by atoms with E-state index in [4.69, 9.17) is 0 Å². The van der Waals surface area contributed by atoms with E-state index >= 15 is 0 Å². The maximum atomic E-state index is 12.9. The number of hydrogen-bond acceptors (Lipinski definition) is 4. The van der Waals surface area contributed by atoms with E-state index in [1.54, 1.807) is 28.0 Å². The molecule has 4 rings (SSSR count). The second-order valence-corrected chi connectivity index (χ2v) is 9.94. The molecule has 1 atom stereocenters. The lowest BCUT2D eigenvalue weighted by atomic mass is 10.1. The summed E-state index contributed by atoms with van der Waals surface area (Å²) in [7, 11) is -3.70. The summed E-state index contributed by atoms with van der Waals surface area (Å²) >= 11 is 0. The lowest BCUT2D eigenvalue weighted by Crippen LogP contribution is -2.33. The molecule has 2 amide bonds. The predicted octanol–water partition coefficient (Wildman–Crippen LogP) is 2.76. The third kappa shape index (κ3) is 3.97. The molecule has 2 aromatic carbocycles. The molecule has 31 heavy (non-hydrogen) atoms. The summed E-state index contributed by atoms with van der Waals surface area (Å²) in [4.78, 5) is 27.6. The minimum atomic E-state index is -3.70. The van der Waals surface area contributed by atoms with Gasteiger partial charge >= 0.3 is 0 Å². The number of sulfonamides is 1. The number of rotatable bonds is 5. The second kappa shape index (κ2) is 8.09. The number of hydrogen-bond donors (Lipinski definition) is 1. The van der Waals surface area contributed by atoms with Gasteiger partial charge in [-0.05, 0) is 60.7 Å². The van der Waals surface area contributed by atoms with Gasteiger partial charge in [-0.25, -0.2) is 13.1 Å². The van der Waals surface area contributed by atoms with Gasteiger partial charge in [0.25, 0.3) is 0 Å². The minimum absolute atomic E-state index is 0.0176. The van der Waals surface area contributed by atoms with Crippen LogP contribution in [-0.4, -0.2) is 32.8 Å². The van der Waals surface area contributed by atoms with Gasteiger partial charge in [0.05, 0.1) is 4.90 Å². The molecule has 164 valence electrons. The molecule has 2 aliphatic heterocycles. The zero-order valence-corrected chi connectivity index (χ0v) is 18.8. The maximum Gasteiger partial charge on any atom is 0.240 e. The van der Waals surface area contributed by atoms with Crippen molar-refractivity contribution in [3.63, 3.8) is 0 Å². The van der Waals surface area contributed by atoms with Crippen LogP contribution >= 0.6 is 0 Å². The lowest BCUT2D eigenvalue weighted by molar-refractivity contribution is -0.118. The maximum absolute atomic E-state index is 12.9. The van der Waals surface area contributed by atoms with Crippen LogP contribution in [0.2, 0.25) is 0 Å². The normalized spacial score (nSPS) is 17.6. The van der Waals surface area contributed by atoms with Crippen LogP contribution in [0.15, 0.2) is 41.3 Å². The van der Waals surface area contributed by atoms with Crippen LogP contribution in [0.25, 0.3) is 0 Å². The summed E-state index contributed by atoms with van der Waals surface area (Å²) in [6.45, 7) is 6.16. The Morgan fingerprint density at radius 2 is 1.84 bits per heavy atom. The zero-order valence-electron chi connectivity index (χ0n) is 18.0. The van der Waals surface area contributed by atoms with E-state index in [1.807, 2.05) is 32.0 Å². The van der Waals surface area contributed by atoms with Crippen LogP contribution in [0.1, 0.15) is 43.9 Å². The fourth-order valence-electron chi connectivity index (χ4n) is 4.53. The summed E-state index contributed by atoms with van der Waals surface area (Å²) in [5, 5.41) is 0. The highest BCUT2D eigenvalue weighted by atomic mass is 32.2. The molecule has 0 fully saturated rings. The summed E-state index contributed by atoms with van der Waals surface area (Å²) in [5.74, 6) is 0.0530. The van der Waals surface area contributed by atoms with Crippen molar-refractivity contribution in [2.75, 3.05) is 16.3 Å². The molecule has 7 nitrogen and oxygen atoms in total. The van der Waals surface area contributed by atoms with E-state index in [1.165, 1.54) is 6.92 Å². The molecule has 0 radical (unpaired) electrons. The second-order valence-electron chi connectivity index (χ2n) is 8.17. The van der Waals surface area contributed by atoms with E-state index in [9.17, 15) is 18.0 Å². The van der Waals surface area contributed by atoms with Crippen molar-refractivity contribution >= 4 is 33.2 Å². The fourth-order valence-corrected chi connectivity index (χ4v) is 5.60. The van der Waals surface area contributed by atoms with Crippen molar-refractivity contribution < 1.29 is 18.0 Å². The molecule has 0 spiro atoms. The van der Waals surface area contributed by atoms with Crippen LogP contribution in [-0.2, 0) is 39.0 Å². The summed E-state index contributed by atoms with van der Waals surface area (Å²) in [6.07, 6.45) is 1.87. The zero-order chi connectivity index (χ0) is 22.3. The highest BCUT2D eigenvalue weighted by Gasteiger charge is 2.30. The average Bonchev–Trinajstić information content (AvgIpc) is 3.30. The number of amides is 2. The molecule has 2 aromatic rings. The Morgan fingerprint density at radius 1 is 1.10 bits per heavy atom. The van der Waals surface area contributed by atoms with Crippen LogP contribution in [0.4, 0.5) is 11.4 Å². The van der Waals surface area contributed by atoms with Gasteiger partial charge in [-0.3, -0.25) is 9.59 Å². The smallest absolute Gasteiger partial charge is 0.240 e. The first-order chi connectivity index (χ1) is 14.7. The highest BCUT2D eigenvalue weighted by molar-refractivity contribution is 7.89. The average molecular weight is 442 g/mol. The minimum Gasteiger partial charge on any atom is -0.312 e. The van der Waals surface area contributed by atoms with Gasteiger partial charge in [-0.2, -0.15) is 0 Å². The Hall–Kier alpha value is -2.71. The van der Waals surface area contributed by atoms with Gasteiger partial charge in [0.15, 0.2) is 0 Å².